The summed E-state index contributed by atoms with van der Waals surface area (Å²) in [4.78, 5) is 11.0. The Morgan fingerprint density at radius 2 is 1.52 bits per heavy atom. The number of carbonyl (C=O) groups is 1. The van der Waals surface area contributed by atoms with E-state index < -0.39 is 0 Å². The molecule has 1 heteroatoms. The molecule has 2 aromatic rings. The van der Waals surface area contributed by atoms with Gasteiger partial charge in [0.1, 0.15) is 6.29 Å². The average molecular weight is 272 g/mol. The summed E-state index contributed by atoms with van der Waals surface area (Å²) in [6, 6.07) is 11.7. The van der Waals surface area contributed by atoms with Crippen LogP contribution in [0.5, 0.6) is 0 Å². The molecule has 0 fully saturated rings. The van der Waals surface area contributed by atoms with Gasteiger partial charge in [0.05, 0.1) is 0 Å². The number of aryl methyl sites for hydroxylation is 2. The van der Waals surface area contributed by atoms with Crippen LogP contribution < -0.4 is 0 Å². The van der Waals surface area contributed by atoms with Gasteiger partial charge in [0.15, 0.2) is 0 Å². The zero-order valence-electron chi connectivity index (χ0n) is 12.4. The second kappa shape index (κ2) is 6.60. The van der Waals surface area contributed by atoms with E-state index in [1.807, 2.05) is 57.2 Å². The molecule has 0 aliphatic rings. The molecular weight excluding hydrogens is 256 g/mol. The molecule has 0 saturated heterocycles. The first-order valence-electron chi connectivity index (χ1n) is 6.74. The first-order valence-corrected chi connectivity index (χ1v) is 6.74. The third-order valence-corrected chi connectivity index (χ3v) is 3.10. The van der Waals surface area contributed by atoms with E-state index in [0.29, 0.717) is 5.56 Å². The van der Waals surface area contributed by atoms with Crippen molar-refractivity contribution in [3.8, 4) is 23.7 Å². The predicted octanol–water partition coefficient (Wildman–Crippen LogP) is 3.89. The van der Waals surface area contributed by atoms with Crippen LogP contribution in [0, 0.1) is 37.5 Å². The van der Waals surface area contributed by atoms with E-state index in [1.165, 1.54) is 0 Å². The molecule has 0 aliphatic carbocycles. The van der Waals surface area contributed by atoms with Gasteiger partial charge in [-0.05, 0) is 62.2 Å². The van der Waals surface area contributed by atoms with Crippen molar-refractivity contribution in [3.05, 3.63) is 69.8 Å². The molecule has 0 aliphatic heterocycles. The van der Waals surface area contributed by atoms with Crippen molar-refractivity contribution in [3.63, 3.8) is 0 Å². The normalized spacial score (nSPS) is 9.10. The van der Waals surface area contributed by atoms with E-state index in [0.717, 1.165) is 34.1 Å². The highest BCUT2D eigenvalue weighted by Crippen LogP contribution is 2.10. The number of benzene rings is 2. The van der Waals surface area contributed by atoms with E-state index in [-0.39, 0.29) is 0 Å². The lowest BCUT2D eigenvalue weighted by Crippen LogP contribution is -1.87. The highest BCUT2D eigenvalue weighted by atomic mass is 16.1. The summed E-state index contributed by atoms with van der Waals surface area (Å²) in [6.07, 6.45) is 0.863. The number of hydrogen-bond acceptors (Lipinski definition) is 1. The average Bonchev–Trinajstić information content (AvgIpc) is 2.46. The van der Waals surface area contributed by atoms with Crippen molar-refractivity contribution < 1.29 is 4.79 Å². The number of hydrogen-bond donors (Lipinski definition) is 0. The molecule has 102 valence electrons. The predicted molar refractivity (Wildman–Crippen MR) is 86.3 cm³/mol. The first kappa shape index (κ1) is 14.6. The molecule has 1 nitrogen and oxygen atoms in total. The van der Waals surface area contributed by atoms with E-state index in [2.05, 4.69) is 23.7 Å². The second-order valence-electron chi connectivity index (χ2n) is 4.90. The van der Waals surface area contributed by atoms with Crippen LogP contribution in [0.4, 0.5) is 0 Å². The van der Waals surface area contributed by atoms with E-state index >= 15 is 0 Å². The van der Waals surface area contributed by atoms with Gasteiger partial charge in [-0.25, -0.2) is 0 Å². The van der Waals surface area contributed by atoms with Gasteiger partial charge in [0, 0.05) is 22.3 Å². The summed E-state index contributed by atoms with van der Waals surface area (Å²) in [5, 5.41) is 0. The molecule has 0 amide bonds. The van der Waals surface area contributed by atoms with Crippen molar-refractivity contribution >= 4 is 6.29 Å². The van der Waals surface area contributed by atoms with Gasteiger partial charge < -0.3 is 0 Å². The minimum Gasteiger partial charge on any atom is -0.298 e. The van der Waals surface area contributed by atoms with Gasteiger partial charge in [-0.2, -0.15) is 0 Å². The summed E-state index contributed by atoms with van der Waals surface area (Å²) < 4.78 is 0. The lowest BCUT2D eigenvalue weighted by molar-refractivity contribution is 0.112. The fraction of sp³-hybridized carbons (Fsp3) is 0.150. The zero-order chi connectivity index (χ0) is 15.2. The fourth-order valence-electron chi connectivity index (χ4n) is 2.06. The summed E-state index contributed by atoms with van der Waals surface area (Å²) in [7, 11) is 0. The summed E-state index contributed by atoms with van der Waals surface area (Å²) >= 11 is 0. The maximum atomic E-state index is 11.0. The minimum absolute atomic E-state index is 0.684. The van der Waals surface area contributed by atoms with Crippen molar-refractivity contribution in [2.24, 2.45) is 0 Å². The van der Waals surface area contributed by atoms with Gasteiger partial charge in [-0.1, -0.05) is 23.8 Å². The lowest BCUT2D eigenvalue weighted by atomic mass is 10.0. The van der Waals surface area contributed by atoms with Gasteiger partial charge in [0.2, 0.25) is 0 Å². The Morgan fingerprint density at radius 3 is 2.19 bits per heavy atom. The Hall–Kier alpha value is -2.77. The van der Waals surface area contributed by atoms with Crippen LogP contribution in [0.15, 0.2) is 36.4 Å². The fourth-order valence-corrected chi connectivity index (χ4v) is 2.06. The summed E-state index contributed by atoms with van der Waals surface area (Å²) in [5.41, 5.74) is 5.53. The monoisotopic (exact) mass is 272 g/mol. The van der Waals surface area contributed by atoms with Gasteiger partial charge in [-0.15, -0.1) is 5.92 Å². The molecular formula is C20H16O. The van der Waals surface area contributed by atoms with Crippen LogP contribution in [0.25, 0.3) is 0 Å². The third-order valence-electron chi connectivity index (χ3n) is 3.10. The smallest absolute Gasteiger partial charge is 0.150 e. The van der Waals surface area contributed by atoms with Gasteiger partial charge >= 0.3 is 0 Å². The minimum atomic E-state index is 0.684. The standard InChI is InChI=1S/C20H16O/c1-4-5-18-10-15(2)11-19(12-18)9-8-17-7-6-16(3)20(13-17)14-21/h6-7,10-14H,1-3H3. The molecule has 0 heterocycles. The maximum Gasteiger partial charge on any atom is 0.150 e. The molecule has 21 heavy (non-hydrogen) atoms. The Balaban J connectivity index is 2.38. The Morgan fingerprint density at radius 1 is 0.857 bits per heavy atom. The Kier molecular flexibility index (Phi) is 4.60. The largest absolute Gasteiger partial charge is 0.298 e. The molecule has 0 spiro atoms. The van der Waals surface area contributed by atoms with Gasteiger partial charge in [0.25, 0.3) is 0 Å². The first-order chi connectivity index (χ1) is 10.1. The Bertz CT molecular complexity index is 805. The van der Waals surface area contributed by atoms with Crippen LogP contribution in [0.1, 0.15) is 45.1 Å². The van der Waals surface area contributed by atoms with Crippen LogP contribution in [0.2, 0.25) is 0 Å². The summed E-state index contributed by atoms with van der Waals surface area (Å²) in [6.45, 7) is 5.76. The topological polar surface area (TPSA) is 17.1 Å². The van der Waals surface area contributed by atoms with Crippen LogP contribution in [-0.2, 0) is 0 Å². The molecule has 0 saturated carbocycles. The van der Waals surface area contributed by atoms with E-state index in [4.69, 9.17) is 0 Å². The van der Waals surface area contributed by atoms with Crippen molar-refractivity contribution in [1.82, 2.24) is 0 Å². The van der Waals surface area contributed by atoms with E-state index in [9.17, 15) is 4.79 Å². The van der Waals surface area contributed by atoms with Crippen LogP contribution in [0.3, 0.4) is 0 Å². The zero-order valence-corrected chi connectivity index (χ0v) is 12.4. The highest BCUT2D eigenvalue weighted by Gasteiger charge is 1.98. The number of aldehydes is 1. The number of rotatable bonds is 1. The van der Waals surface area contributed by atoms with Crippen molar-refractivity contribution in [1.29, 1.82) is 0 Å². The van der Waals surface area contributed by atoms with Crippen LogP contribution in [-0.4, -0.2) is 6.29 Å². The molecule has 0 N–H and O–H groups in total. The van der Waals surface area contributed by atoms with E-state index in [1.54, 1.807) is 0 Å². The Labute approximate surface area is 126 Å². The molecule has 0 radical (unpaired) electrons. The molecule has 2 rings (SSSR count). The lowest BCUT2D eigenvalue weighted by Gasteiger charge is -1.99. The quantitative estimate of drug-likeness (QED) is 0.568. The van der Waals surface area contributed by atoms with Crippen molar-refractivity contribution in [2.75, 3.05) is 0 Å². The SMILES string of the molecule is CC#Cc1cc(C)cc(C#Cc2ccc(C)c(C=O)c2)c1. The maximum absolute atomic E-state index is 11.0. The molecule has 0 bridgehead atoms. The summed E-state index contributed by atoms with van der Waals surface area (Å²) in [5.74, 6) is 12.2. The highest BCUT2D eigenvalue weighted by molar-refractivity contribution is 5.78. The van der Waals surface area contributed by atoms with Gasteiger partial charge in [-0.3, -0.25) is 4.79 Å². The third kappa shape index (κ3) is 3.85. The molecule has 0 unspecified atom stereocenters. The second-order valence-corrected chi connectivity index (χ2v) is 4.90. The number of carbonyl (C=O) groups excluding carboxylic acids is 1. The van der Waals surface area contributed by atoms with Crippen molar-refractivity contribution in [2.45, 2.75) is 20.8 Å². The molecule has 2 aromatic carbocycles. The van der Waals surface area contributed by atoms with Crippen LogP contribution >= 0.6 is 0 Å². The molecule has 0 atom stereocenters. The molecule has 0 aromatic heterocycles.